The largest absolute Gasteiger partial charge is 0.391 e. The fourth-order valence-corrected chi connectivity index (χ4v) is 2.09. The lowest BCUT2D eigenvalue weighted by Gasteiger charge is -2.06. The number of nitrogens with zero attached hydrogens (tertiary/aromatic N) is 1. The monoisotopic (exact) mass is 269 g/mol. The Kier molecular flexibility index (Phi) is 3.77. The second-order valence-corrected chi connectivity index (χ2v) is 5.02. The van der Waals surface area contributed by atoms with E-state index in [2.05, 4.69) is 5.16 Å². The molecule has 1 aliphatic rings. The normalized spacial score (nSPS) is 15.2. The predicted molar refractivity (Wildman–Crippen MR) is 76.9 cm³/mol. The third kappa shape index (κ3) is 3.23. The quantitative estimate of drug-likeness (QED) is 0.590. The molecule has 1 saturated carbocycles. The van der Waals surface area contributed by atoms with Crippen LogP contribution < -0.4 is 0 Å². The van der Waals surface area contributed by atoms with Crippen molar-refractivity contribution in [2.24, 2.45) is 11.1 Å². The minimum atomic E-state index is -0.228. The van der Waals surface area contributed by atoms with Crippen LogP contribution in [0.4, 0.5) is 4.39 Å². The molecule has 0 atom stereocenters. The lowest BCUT2D eigenvalue weighted by molar-refractivity contribution is 0.130. The van der Waals surface area contributed by atoms with Crippen molar-refractivity contribution < 1.29 is 9.23 Å². The second kappa shape index (κ2) is 5.87. The van der Waals surface area contributed by atoms with Crippen LogP contribution in [0.3, 0.4) is 0 Å². The number of halogens is 1. The van der Waals surface area contributed by atoms with Gasteiger partial charge in [0.15, 0.2) is 0 Å². The van der Waals surface area contributed by atoms with Gasteiger partial charge in [0.1, 0.15) is 12.4 Å². The van der Waals surface area contributed by atoms with Crippen LogP contribution >= 0.6 is 0 Å². The summed E-state index contributed by atoms with van der Waals surface area (Å²) in [6, 6.07) is 16.4. The van der Waals surface area contributed by atoms with Gasteiger partial charge in [-0.25, -0.2) is 4.39 Å². The summed E-state index contributed by atoms with van der Waals surface area (Å²) in [4.78, 5) is 5.46. The van der Waals surface area contributed by atoms with Crippen LogP contribution in [0.2, 0.25) is 0 Å². The third-order valence-electron chi connectivity index (χ3n) is 3.34. The number of benzene rings is 2. The van der Waals surface area contributed by atoms with E-state index in [0.717, 1.165) is 29.7 Å². The first-order chi connectivity index (χ1) is 9.83. The van der Waals surface area contributed by atoms with Gasteiger partial charge in [0.25, 0.3) is 0 Å². The Hall–Kier alpha value is -2.16. The first kappa shape index (κ1) is 12.9. The first-order valence-electron chi connectivity index (χ1n) is 6.82. The van der Waals surface area contributed by atoms with Gasteiger partial charge in [-0.2, -0.15) is 0 Å². The Morgan fingerprint density at radius 2 is 1.75 bits per heavy atom. The molecule has 3 rings (SSSR count). The van der Waals surface area contributed by atoms with Gasteiger partial charge in [-0.05, 0) is 36.1 Å². The summed E-state index contributed by atoms with van der Waals surface area (Å²) in [6.07, 6.45) is 2.26. The van der Waals surface area contributed by atoms with Crippen LogP contribution in [0.5, 0.6) is 0 Å². The lowest BCUT2D eigenvalue weighted by Crippen LogP contribution is -2.05. The van der Waals surface area contributed by atoms with E-state index < -0.39 is 0 Å². The number of hydrogen-bond donors (Lipinski definition) is 0. The molecule has 20 heavy (non-hydrogen) atoms. The molecule has 0 saturated heterocycles. The molecule has 2 aromatic carbocycles. The number of hydrogen-bond acceptors (Lipinski definition) is 2. The predicted octanol–water partition coefficient (Wildman–Crippen LogP) is 4.16. The third-order valence-corrected chi connectivity index (χ3v) is 3.34. The minimum Gasteiger partial charge on any atom is -0.391 e. The molecule has 1 fully saturated rings. The molecule has 0 bridgehead atoms. The first-order valence-corrected chi connectivity index (χ1v) is 6.82. The maximum atomic E-state index is 13.0. The van der Waals surface area contributed by atoms with E-state index in [4.69, 9.17) is 4.84 Å². The molecule has 0 unspecified atom stereocenters. The molecule has 2 aromatic rings. The van der Waals surface area contributed by atoms with E-state index in [1.54, 1.807) is 12.1 Å². The molecule has 0 heterocycles. The zero-order chi connectivity index (χ0) is 13.8. The van der Waals surface area contributed by atoms with Gasteiger partial charge in [-0.3, -0.25) is 0 Å². The Morgan fingerprint density at radius 1 is 1.05 bits per heavy atom. The highest BCUT2D eigenvalue weighted by atomic mass is 19.1. The van der Waals surface area contributed by atoms with E-state index in [-0.39, 0.29) is 5.82 Å². The van der Waals surface area contributed by atoms with Crippen LogP contribution in [0.15, 0.2) is 59.8 Å². The van der Waals surface area contributed by atoms with E-state index in [1.807, 2.05) is 30.3 Å². The van der Waals surface area contributed by atoms with E-state index in [9.17, 15) is 4.39 Å². The Morgan fingerprint density at radius 3 is 2.40 bits per heavy atom. The van der Waals surface area contributed by atoms with Crippen molar-refractivity contribution in [1.82, 2.24) is 0 Å². The van der Waals surface area contributed by atoms with Gasteiger partial charge in [-0.15, -0.1) is 0 Å². The van der Waals surface area contributed by atoms with Crippen LogP contribution in [0.25, 0.3) is 0 Å². The smallest absolute Gasteiger partial charge is 0.142 e. The summed E-state index contributed by atoms with van der Waals surface area (Å²) < 4.78 is 13.0. The van der Waals surface area contributed by atoms with Crippen molar-refractivity contribution in [1.29, 1.82) is 0 Å². The Labute approximate surface area is 117 Å². The highest BCUT2D eigenvalue weighted by Crippen LogP contribution is 2.33. The van der Waals surface area contributed by atoms with Crippen molar-refractivity contribution in [2.75, 3.05) is 0 Å². The van der Waals surface area contributed by atoms with Gasteiger partial charge in [0.05, 0.1) is 5.71 Å². The van der Waals surface area contributed by atoms with E-state index in [1.165, 1.54) is 12.1 Å². The molecule has 0 aromatic heterocycles. The number of rotatable bonds is 5. The molecule has 0 N–H and O–H groups in total. The zero-order valence-electron chi connectivity index (χ0n) is 11.1. The molecular formula is C17H16FNO. The van der Waals surface area contributed by atoms with Gasteiger partial charge in [-0.1, -0.05) is 47.6 Å². The summed E-state index contributed by atoms with van der Waals surface area (Å²) in [5.41, 5.74) is 2.97. The van der Waals surface area contributed by atoms with Crippen LogP contribution in [0.1, 0.15) is 24.0 Å². The molecule has 0 spiro atoms. The molecule has 3 heteroatoms. The lowest BCUT2D eigenvalue weighted by atomic mass is 10.1. The van der Waals surface area contributed by atoms with Gasteiger partial charge in [0.2, 0.25) is 0 Å². The SMILES string of the molecule is Fc1ccc(/C(=N\OCc2ccccc2)C2CC2)cc1. The standard InChI is InChI=1S/C17H16FNO/c18-16-10-8-15(9-11-16)17(14-6-7-14)19-20-12-13-4-2-1-3-5-13/h1-5,8-11,14H,6-7,12H2/b19-17-. The van der Waals surface area contributed by atoms with E-state index in [0.29, 0.717) is 12.5 Å². The number of oxime groups is 1. The maximum Gasteiger partial charge on any atom is 0.142 e. The molecule has 2 nitrogen and oxygen atoms in total. The summed E-state index contributed by atoms with van der Waals surface area (Å²) in [5.74, 6) is 0.227. The van der Waals surface area contributed by atoms with Crippen molar-refractivity contribution in [3.8, 4) is 0 Å². The van der Waals surface area contributed by atoms with Crippen LogP contribution in [0, 0.1) is 11.7 Å². The van der Waals surface area contributed by atoms with Crippen molar-refractivity contribution in [3.05, 3.63) is 71.5 Å². The minimum absolute atomic E-state index is 0.228. The Balaban J connectivity index is 1.70. The topological polar surface area (TPSA) is 21.6 Å². The molecule has 1 aliphatic carbocycles. The molecule has 0 aliphatic heterocycles. The fourth-order valence-electron chi connectivity index (χ4n) is 2.09. The molecule has 102 valence electrons. The van der Waals surface area contributed by atoms with Crippen LogP contribution in [-0.2, 0) is 11.4 Å². The Bertz CT molecular complexity index is 588. The highest BCUT2D eigenvalue weighted by molar-refractivity contribution is 6.03. The highest BCUT2D eigenvalue weighted by Gasteiger charge is 2.29. The van der Waals surface area contributed by atoms with Crippen LogP contribution in [-0.4, -0.2) is 5.71 Å². The summed E-state index contributed by atoms with van der Waals surface area (Å²) >= 11 is 0. The van der Waals surface area contributed by atoms with Gasteiger partial charge in [0, 0.05) is 5.92 Å². The summed E-state index contributed by atoms with van der Waals surface area (Å²) in [5, 5.41) is 4.28. The van der Waals surface area contributed by atoms with Crippen molar-refractivity contribution in [2.45, 2.75) is 19.4 Å². The summed E-state index contributed by atoms with van der Waals surface area (Å²) in [6.45, 7) is 0.457. The average Bonchev–Trinajstić information content (AvgIpc) is 3.31. The second-order valence-electron chi connectivity index (χ2n) is 5.02. The molecular weight excluding hydrogens is 253 g/mol. The molecule has 0 radical (unpaired) electrons. The zero-order valence-corrected chi connectivity index (χ0v) is 11.1. The summed E-state index contributed by atoms with van der Waals surface area (Å²) in [7, 11) is 0. The molecule has 0 amide bonds. The maximum absolute atomic E-state index is 13.0. The van der Waals surface area contributed by atoms with Crippen molar-refractivity contribution in [3.63, 3.8) is 0 Å². The van der Waals surface area contributed by atoms with Gasteiger partial charge < -0.3 is 4.84 Å². The van der Waals surface area contributed by atoms with E-state index >= 15 is 0 Å². The van der Waals surface area contributed by atoms with Crippen molar-refractivity contribution >= 4 is 5.71 Å². The average molecular weight is 269 g/mol. The fraction of sp³-hybridized carbons (Fsp3) is 0.235. The van der Waals surface area contributed by atoms with Gasteiger partial charge >= 0.3 is 0 Å².